The molecule has 0 saturated carbocycles. The van der Waals surface area contributed by atoms with Gasteiger partial charge < -0.3 is 14.7 Å². The van der Waals surface area contributed by atoms with Crippen molar-refractivity contribution in [2.75, 3.05) is 11.9 Å². The topological polar surface area (TPSA) is 71.3 Å². The first-order valence-corrected chi connectivity index (χ1v) is 8.26. The van der Waals surface area contributed by atoms with Gasteiger partial charge in [0, 0.05) is 17.8 Å². The second kappa shape index (κ2) is 7.77. The zero-order valence-corrected chi connectivity index (χ0v) is 14.6. The number of benzene rings is 2. The van der Waals surface area contributed by atoms with Crippen LogP contribution in [-0.2, 0) is 6.54 Å². The van der Waals surface area contributed by atoms with Crippen molar-refractivity contribution in [3.63, 3.8) is 0 Å². The summed E-state index contributed by atoms with van der Waals surface area (Å²) in [6.07, 6.45) is 0. The molecule has 6 nitrogen and oxygen atoms in total. The minimum atomic E-state index is -0.357. The van der Waals surface area contributed by atoms with Gasteiger partial charge in [0.2, 0.25) is 11.7 Å². The molecule has 0 fully saturated rings. The lowest BCUT2D eigenvalue weighted by molar-refractivity contribution is 0.203. The molecular weight excluding hydrogens is 335 g/mol. The third kappa shape index (κ3) is 4.24. The van der Waals surface area contributed by atoms with E-state index in [0.717, 1.165) is 11.1 Å². The van der Waals surface area contributed by atoms with Crippen molar-refractivity contribution < 1.29 is 13.7 Å². The summed E-state index contributed by atoms with van der Waals surface area (Å²) in [6.45, 7) is 4.47. The third-order valence-electron chi connectivity index (χ3n) is 3.83. The summed E-state index contributed by atoms with van der Waals surface area (Å²) in [5.74, 6) is 0.473. The Balaban J connectivity index is 1.68. The van der Waals surface area contributed by atoms with E-state index in [2.05, 4.69) is 15.5 Å². The first-order chi connectivity index (χ1) is 12.5. The fourth-order valence-electron chi connectivity index (χ4n) is 2.45. The van der Waals surface area contributed by atoms with Gasteiger partial charge in [-0.3, -0.25) is 0 Å². The summed E-state index contributed by atoms with van der Waals surface area (Å²) >= 11 is 0. The molecule has 2 aromatic carbocycles. The van der Waals surface area contributed by atoms with E-state index >= 15 is 0 Å². The van der Waals surface area contributed by atoms with Crippen LogP contribution in [0, 0.1) is 12.7 Å². The standard InChI is InChI=1S/C19H19FN4O2/c1-3-24(19(25)21-16-9-7-15(20)8-10-16)12-17-22-18(23-26-17)14-6-4-5-13(2)11-14/h4-11H,3,12H2,1-2H3,(H,21,25). The lowest BCUT2D eigenvalue weighted by Crippen LogP contribution is -2.34. The molecule has 0 radical (unpaired) electrons. The van der Waals surface area contributed by atoms with Crippen molar-refractivity contribution in [2.45, 2.75) is 20.4 Å². The summed E-state index contributed by atoms with van der Waals surface area (Å²) in [6, 6.07) is 13.0. The van der Waals surface area contributed by atoms with Crippen LogP contribution < -0.4 is 5.32 Å². The van der Waals surface area contributed by atoms with E-state index in [4.69, 9.17) is 4.52 Å². The number of nitrogens with one attached hydrogen (secondary N) is 1. The fourth-order valence-corrected chi connectivity index (χ4v) is 2.45. The number of nitrogens with zero attached hydrogens (tertiary/aromatic N) is 3. The first kappa shape index (κ1) is 17.6. The highest BCUT2D eigenvalue weighted by atomic mass is 19.1. The van der Waals surface area contributed by atoms with Crippen LogP contribution in [0.2, 0.25) is 0 Å². The number of carbonyl (C=O) groups excluding carboxylic acids is 1. The summed E-state index contributed by atoms with van der Waals surface area (Å²) in [5.41, 5.74) is 2.47. The van der Waals surface area contributed by atoms with Crippen LogP contribution in [0.4, 0.5) is 14.9 Å². The molecule has 0 aliphatic heterocycles. The van der Waals surface area contributed by atoms with Crippen molar-refractivity contribution in [3.8, 4) is 11.4 Å². The molecule has 7 heteroatoms. The van der Waals surface area contributed by atoms with Crippen molar-refractivity contribution in [1.29, 1.82) is 0 Å². The zero-order chi connectivity index (χ0) is 18.5. The number of anilines is 1. The molecule has 0 spiro atoms. The molecule has 0 aliphatic carbocycles. The minimum absolute atomic E-state index is 0.183. The second-order valence-corrected chi connectivity index (χ2v) is 5.83. The van der Waals surface area contributed by atoms with Crippen molar-refractivity contribution >= 4 is 11.7 Å². The smallest absolute Gasteiger partial charge is 0.322 e. The minimum Gasteiger partial charge on any atom is -0.337 e. The van der Waals surface area contributed by atoms with Gasteiger partial charge in [-0.05, 0) is 44.2 Å². The Morgan fingerprint density at radius 2 is 2.00 bits per heavy atom. The average Bonchev–Trinajstić information content (AvgIpc) is 3.10. The predicted octanol–water partition coefficient (Wildman–Crippen LogP) is 4.24. The number of hydrogen-bond donors (Lipinski definition) is 1. The predicted molar refractivity (Wildman–Crippen MR) is 96.0 cm³/mol. The third-order valence-corrected chi connectivity index (χ3v) is 3.83. The Morgan fingerprint density at radius 3 is 2.69 bits per heavy atom. The normalized spacial score (nSPS) is 10.6. The van der Waals surface area contributed by atoms with Crippen LogP contribution in [0.25, 0.3) is 11.4 Å². The Kier molecular flexibility index (Phi) is 5.26. The average molecular weight is 354 g/mol. The van der Waals surface area contributed by atoms with E-state index in [0.29, 0.717) is 23.9 Å². The van der Waals surface area contributed by atoms with Crippen molar-refractivity contribution in [3.05, 3.63) is 65.8 Å². The molecule has 3 rings (SSSR count). The van der Waals surface area contributed by atoms with E-state index < -0.39 is 0 Å². The first-order valence-electron chi connectivity index (χ1n) is 8.26. The van der Waals surface area contributed by atoms with E-state index in [1.807, 2.05) is 38.1 Å². The van der Waals surface area contributed by atoms with E-state index in [-0.39, 0.29) is 18.4 Å². The number of halogens is 1. The van der Waals surface area contributed by atoms with Crippen LogP contribution >= 0.6 is 0 Å². The monoisotopic (exact) mass is 354 g/mol. The summed E-state index contributed by atoms with van der Waals surface area (Å²) in [5, 5.41) is 6.70. The van der Waals surface area contributed by atoms with Gasteiger partial charge in [-0.1, -0.05) is 28.9 Å². The number of aromatic nitrogens is 2. The Hall–Kier alpha value is -3.22. The number of rotatable bonds is 5. The lowest BCUT2D eigenvalue weighted by Gasteiger charge is -2.19. The van der Waals surface area contributed by atoms with Gasteiger partial charge in [-0.15, -0.1) is 0 Å². The number of urea groups is 1. The number of carbonyl (C=O) groups is 1. The van der Waals surface area contributed by atoms with Crippen molar-refractivity contribution in [1.82, 2.24) is 15.0 Å². The van der Waals surface area contributed by atoms with Crippen LogP contribution in [0.3, 0.4) is 0 Å². The maximum absolute atomic E-state index is 13.0. The van der Waals surface area contributed by atoms with Gasteiger partial charge >= 0.3 is 6.03 Å². The molecule has 134 valence electrons. The van der Waals surface area contributed by atoms with Crippen LogP contribution in [0.5, 0.6) is 0 Å². The number of amides is 2. The molecule has 0 unspecified atom stereocenters. The molecule has 26 heavy (non-hydrogen) atoms. The fraction of sp³-hybridized carbons (Fsp3) is 0.211. The zero-order valence-electron chi connectivity index (χ0n) is 14.6. The lowest BCUT2D eigenvalue weighted by atomic mass is 10.1. The van der Waals surface area contributed by atoms with E-state index in [1.54, 1.807) is 0 Å². The van der Waals surface area contributed by atoms with Gasteiger partial charge in [0.25, 0.3) is 0 Å². The van der Waals surface area contributed by atoms with Gasteiger partial charge in [0.1, 0.15) is 12.4 Å². The molecule has 0 atom stereocenters. The quantitative estimate of drug-likeness (QED) is 0.744. The molecule has 0 saturated heterocycles. The van der Waals surface area contributed by atoms with E-state index in [1.165, 1.54) is 29.2 Å². The number of hydrogen-bond acceptors (Lipinski definition) is 4. The number of aryl methyl sites for hydroxylation is 1. The van der Waals surface area contributed by atoms with Crippen LogP contribution in [0.15, 0.2) is 53.1 Å². The second-order valence-electron chi connectivity index (χ2n) is 5.83. The molecule has 0 bridgehead atoms. The SMILES string of the molecule is CCN(Cc1nc(-c2cccc(C)c2)no1)C(=O)Nc1ccc(F)cc1. The molecule has 2 amide bonds. The maximum atomic E-state index is 13.0. The van der Waals surface area contributed by atoms with E-state index in [9.17, 15) is 9.18 Å². The molecule has 3 aromatic rings. The Morgan fingerprint density at radius 1 is 1.23 bits per heavy atom. The van der Waals surface area contributed by atoms with Gasteiger partial charge in [-0.25, -0.2) is 9.18 Å². The van der Waals surface area contributed by atoms with Gasteiger partial charge in [0.15, 0.2) is 0 Å². The summed E-state index contributed by atoms with van der Waals surface area (Å²) < 4.78 is 18.2. The van der Waals surface area contributed by atoms with Gasteiger partial charge in [-0.2, -0.15) is 4.98 Å². The molecular formula is C19H19FN4O2. The highest BCUT2D eigenvalue weighted by Gasteiger charge is 2.17. The van der Waals surface area contributed by atoms with Gasteiger partial charge in [0.05, 0.1) is 0 Å². The highest BCUT2D eigenvalue weighted by Crippen LogP contribution is 2.18. The van der Waals surface area contributed by atoms with Crippen LogP contribution in [-0.4, -0.2) is 27.6 Å². The Bertz CT molecular complexity index is 893. The molecule has 1 aromatic heterocycles. The maximum Gasteiger partial charge on any atom is 0.322 e. The molecule has 1 heterocycles. The largest absolute Gasteiger partial charge is 0.337 e. The van der Waals surface area contributed by atoms with Crippen LogP contribution in [0.1, 0.15) is 18.4 Å². The Labute approximate surface area is 150 Å². The summed E-state index contributed by atoms with van der Waals surface area (Å²) in [7, 11) is 0. The molecule has 0 aliphatic rings. The highest BCUT2D eigenvalue weighted by molar-refractivity contribution is 5.89. The molecule has 1 N–H and O–H groups in total. The van der Waals surface area contributed by atoms with Crippen molar-refractivity contribution in [2.24, 2.45) is 0 Å². The summed E-state index contributed by atoms with van der Waals surface area (Å²) in [4.78, 5) is 18.3.